The van der Waals surface area contributed by atoms with Gasteiger partial charge < -0.3 is 65.0 Å². The summed E-state index contributed by atoms with van der Waals surface area (Å²) in [6.07, 6.45) is 0.428. The van der Waals surface area contributed by atoms with E-state index in [-0.39, 0.29) is 50.0 Å². The lowest BCUT2D eigenvalue weighted by molar-refractivity contribution is -0.142. The second-order valence-corrected chi connectivity index (χ2v) is 15.1. The highest BCUT2D eigenvalue weighted by atomic mass is 16.4. The second-order valence-electron chi connectivity index (χ2n) is 15.1. The van der Waals surface area contributed by atoms with Crippen molar-refractivity contribution in [2.75, 3.05) is 13.1 Å². The molecule has 0 rings (SSSR count). The number of hydrogen-bond donors (Lipinski definition) is 12. The summed E-state index contributed by atoms with van der Waals surface area (Å²) in [7, 11) is 0. The molecule has 6 amide bonds. The third kappa shape index (κ3) is 21.2. The topological polar surface area (TPSA) is 366 Å². The van der Waals surface area contributed by atoms with Crippen LogP contribution in [0.5, 0.6) is 0 Å². The largest absolute Gasteiger partial charge is 0.481 e. The number of nitrogens with two attached hydrogens (primary N) is 4. The molecule has 326 valence electrons. The van der Waals surface area contributed by atoms with Crippen LogP contribution in [0.3, 0.4) is 0 Å². The van der Waals surface area contributed by atoms with Crippen molar-refractivity contribution in [1.82, 2.24) is 31.9 Å². The molecule has 0 aliphatic heterocycles. The monoisotopic (exact) mass is 814 g/mol. The van der Waals surface area contributed by atoms with E-state index < -0.39 is 108 Å². The van der Waals surface area contributed by atoms with Gasteiger partial charge in [0.25, 0.3) is 0 Å². The Morgan fingerprint density at radius 3 is 1.60 bits per heavy atom. The summed E-state index contributed by atoms with van der Waals surface area (Å²) in [4.78, 5) is 107. The lowest BCUT2D eigenvalue weighted by Crippen LogP contribution is -2.60. The van der Waals surface area contributed by atoms with E-state index in [1.54, 1.807) is 41.5 Å². The number of aliphatic carboxylic acids is 2. The maximum atomic E-state index is 13.8. The van der Waals surface area contributed by atoms with Gasteiger partial charge in [-0.05, 0) is 76.2 Å². The van der Waals surface area contributed by atoms with Crippen LogP contribution in [-0.2, 0) is 38.4 Å². The molecule has 0 aliphatic carbocycles. The number of carboxylic acids is 2. The number of nitrogens with one attached hydrogen (secondary N) is 6. The van der Waals surface area contributed by atoms with E-state index in [1.807, 2.05) is 0 Å². The highest BCUT2D eigenvalue weighted by molar-refractivity contribution is 5.97. The van der Waals surface area contributed by atoms with Crippen LogP contribution >= 0.6 is 0 Å². The van der Waals surface area contributed by atoms with Gasteiger partial charge in [0.15, 0.2) is 5.96 Å². The van der Waals surface area contributed by atoms with Crippen LogP contribution < -0.4 is 54.8 Å². The molecule has 0 heterocycles. The van der Waals surface area contributed by atoms with E-state index in [4.69, 9.17) is 22.9 Å². The first kappa shape index (κ1) is 51.9. The van der Waals surface area contributed by atoms with Crippen molar-refractivity contribution in [3.05, 3.63) is 0 Å². The molecule has 0 unspecified atom stereocenters. The van der Waals surface area contributed by atoms with Crippen molar-refractivity contribution in [2.45, 2.75) is 142 Å². The third-order valence-corrected chi connectivity index (χ3v) is 8.78. The minimum Gasteiger partial charge on any atom is -0.481 e. The quantitative estimate of drug-likeness (QED) is 0.0225. The molecule has 0 fully saturated rings. The summed E-state index contributed by atoms with van der Waals surface area (Å²) in [5.74, 6) is -8.33. The van der Waals surface area contributed by atoms with E-state index in [0.717, 1.165) is 0 Å². The molecule has 0 bridgehead atoms. The molecule has 0 aromatic rings. The van der Waals surface area contributed by atoms with Crippen LogP contribution in [0.4, 0.5) is 0 Å². The first-order valence-electron chi connectivity index (χ1n) is 19.3. The second kappa shape index (κ2) is 26.7. The predicted octanol–water partition coefficient (Wildman–Crippen LogP) is -2.27. The van der Waals surface area contributed by atoms with Crippen LogP contribution in [-0.4, -0.2) is 119 Å². The number of unbranched alkanes of at least 4 members (excludes halogenated alkanes) is 1. The SMILES string of the molecule is CC(C)C[C@H](NC(=O)[C@H](CCC(=O)O)NC(=O)[C@@H](NC(=O)[C@H](CCCN=C(N)N)NC(=O)[C@H](C)NC(=O)[C@@H](N)C(C)C)C(C)C)C(=O)N[C@@H](CCCCN)C(=O)O. The average molecular weight is 814 g/mol. The number of rotatable bonds is 28. The zero-order valence-corrected chi connectivity index (χ0v) is 34.3. The molecule has 0 saturated carbocycles. The molecule has 21 nitrogen and oxygen atoms in total. The van der Waals surface area contributed by atoms with Crippen molar-refractivity contribution < 1.29 is 48.6 Å². The molecular formula is C36H67N11O10. The Hall–Kier alpha value is -5.05. The van der Waals surface area contributed by atoms with Gasteiger partial charge in [0.05, 0.1) is 6.04 Å². The molecule has 16 N–H and O–H groups in total. The zero-order valence-electron chi connectivity index (χ0n) is 34.3. The standard InChI is InChI=1S/C36H67N11O10/c1-18(2)17-25(32(53)45-24(35(56)57)11-8-9-15-37)46-30(51)23(13-14-26(48)49)44-34(55)28(20(5)6)47-31(52)22(12-10-16-41-36(39)40)43-29(50)21(7)42-33(54)27(38)19(3)4/h18-25,27-28H,8-17,37-38H2,1-7H3,(H,42,54)(H,43,50)(H,44,55)(H,45,53)(H,46,51)(H,47,52)(H,48,49)(H,56,57)(H4,39,40,41)/t21-,22-,23-,24-,25-,27-,28-/m0/s1. The van der Waals surface area contributed by atoms with Crippen molar-refractivity contribution in [1.29, 1.82) is 0 Å². The summed E-state index contributed by atoms with van der Waals surface area (Å²) in [6, 6.07) is -8.52. The smallest absolute Gasteiger partial charge is 0.326 e. The number of carbonyl (C=O) groups is 8. The van der Waals surface area contributed by atoms with E-state index in [0.29, 0.717) is 19.4 Å². The molecule has 21 heteroatoms. The molecule has 0 radical (unpaired) electrons. The Kier molecular flexibility index (Phi) is 24.4. The minimum atomic E-state index is -1.49. The summed E-state index contributed by atoms with van der Waals surface area (Å²) in [5.41, 5.74) is 22.2. The summed E-state index contributed by atoms with van der Waals surface area (Å²) in [5, 5.41) is 34.2. The Balaban J connectivity index is 6.28. The predicted molar refractivity (Wildman–Crippen MR) is 212 cm³/mol. The third-order valence-electron chi connectivity index (χ3n) is 8.78. The number of nitrogens with zero attached hydrogens (tertiary/aromatic N) is 1. The molecule has 0 aromatic carbocycles. The number of carbonyl (C=O) groups excluding carboxylic acids is 6. The van der Waals surface area contributed by atoms with Crippen LogP contribution in [0.25, 0.3) is 0 Å². The highest BCUT2D eigenvalue weighted by Gasteiger charge is 2.34. The normalized spacial score (nSPS) is 14.9. The highest BCUT2D eigenvalue weighted by Crippen LogP contribution is 2.11. The van der Waals surface area contributed by atoms with Gasteiger partial charge in [0.2, 0.25) is 35.4 Å². The first-order chi connectivity index (χ1) is 26.5. The van der Waals surface area contributed by atoms with Gasteiger partial charge in [-0.3, -0.25) is 38.6 Å². The number of amides is 6. The van der Waals surface area contributed by atoms with Crippen molar-refractivity contribution >= 4 is 53.3 Å². The van der Waals surface area contributed by atoms with E-state index in [1.165, 1.54) is 6.92 Å². The molecule has 0 aliphatic rings. The number of carboxylic acid groups (broad SMARTS) is 2. The molecule has 57 heavy (non-hydrogen) atoms. The maximum Gasteiger partial charge on any atom is 0.326 e. The number of guanidine groups is 1. The van der Waals surface area contributed by atoms with Gasteiger partial charge in [-0.25, -0.2) is 4.79 Å². The van der Waals surface area contributed by atoms with Gasteiger partial charge in [-0.1, -0.05) is 41.5 Å². The molecule has 0 spiro atoms. The van der Waals surface area contributed by atoms with Gasteiger partial charge in [0, 0.05) is 13.0 Å². The molecule has 0 aromatic heterocycles. The Labute approximate surface area is 334 Å². The maximum absolute atomic E-state index is 13.8. The van der Waals surface area contributed by atoms with E-state index >= 15 is 0 Å². The minimum absolute atomic E-state index is 0.00562. The molecular weight excluding hydrogens is 746 g/mol. The Morgan fingerprint density at radius 2 is 1.09 bits per heavy atom. The number of hydrogen-bond acceptors (Lipinski definition) is 11. The van der Waals surface area contributed by atoms with Crippen LogP contribution in [0.1, 0.15) is 99.8 Å². The van der Waals surface area contributed by atoms with Crippen molar-refractivity contribution in [3.63, 3.8) is 0 Å². The summed E-state index contributed by atoms with van der Waals surface area (Å²) >= 11 is 0. The van der Waals surface area contributed by atoms with E-state index in [2.05, 4.69) is 36.9 Å². The van der Waals surface area contributed by atoms with Crippen LogP contribution in [0, 0.1) is 17.8 Å². The van der Waals surface area contributed by atoms with Gasteiger partial charge in [-0.2, -0.15) is 0 Å². The fourth-order valence-corrected chi connectivity index (χ4v) is 5.33. The fourth-order valence-electron chi connectivity index (χ4n) is 5.33. The van der Waals surface area contributed by atoms with Crippen LogP contribution in [0.2, 0.25) is 0 Å². The molecule has 0 saturated heterocycles. The Bertz CT molecular complexity index is 1390. The van der Waals surface area contributed by atoms with Gasteiger partial charge in [-0.15, -0.1) is 0 Å². The van der Waals surface area contributed by atoms with E-state index in [9.17, 15) is 48.6 Å². The lowest BCUT2D eigenvalue weighted by Gasteiger charge is -2.29. The fraction of sp³-hybridized carbons (Fsp3) is 0.750. The summed E-state index contributed by atoms with van der Waals surface area (Å²) < 4.78 is 0. The van der Waals surface area contributed by atoms with Crippen LogP contribution in [0.15, 0.2) is 4.99 Å². The van der Waals surface area contributed by atoms with Gasteiger partial charge >= 0.3 is 11.9 Å². The average Bonchev–Trinajstić information content (AvgIpc) is 3.11. The first-order valence-corrected chi connectivity index (χ1v) is 19.3. The zero-order chi connectivity index (χ0) is 44.0. The van der Waals surface area contributed by atoms with Gasteiger partial charge in [0.1, 0.15) is 36.3 Å². The molecule has 7 atom stereocenters. The lowest BCUT2D eigenvalue weighted by atomic mass is 9.99. The summed E-state index contributed by atoms with van der Waals surface area (Å²) in [6.45, 7) is 12.1. The Morgan fingerprint density at radius 1 is 0.579 bits per heavy atom. The number of aliphatic imine (C=N–C) groups is 1. The van der Waals surface area contributed by atoms with Crippen molar-refractivity contribution in [2.24, 2.45) is 45.7 Å². The van der Waals surface area contributed by atoms with Crippen molar-refractivity contribution in [3.8, 4) is 0 Å².